The number of hydrogen-bond acceptors (Lipinski definition) is 3. The van der Waals surface area contributed by atoms with Crippen LogP contribution in [0.15, 0.2) is 0 Å². The average molecular weight is 305 g/mol. The molecular weight excluding hydrogens is 283 g/mol. The van der Waals surface area contributed by atoms with Gasteiger partial charge in [-0.2, -0.15) is 5.10 Å². The van der Waals surface area contributed by atoms with Crippen LogP contribution in [-0.4, -0.2) is 28.8 Å². The summed E-state index contributed by atoms with van der Waals surface area (Å²) in [5.74, 6) is 0. The standard InChI is InChI=1S/C14H22F3N3O/c1-3-12-11(9-18-10-5-6-10)13(4-2)20(19-12)7-8-21-14(15,16)17/h10,18H,3-9H2,1-2H3. The van der Waals surface area contributed by atoms with Gasteiger partial charge in [0.2, 0.25) is 0 Å². The Bertz CT molecular complexity index is 467. The molecule has 0 atom stereocenters. The highest BCUT2D eigenvalue weighted by Crippen LogP contribution is 2.22. The van der Waals surface area contributed by atoms with E-state index in [0.29, 0.717) is 6.04 Å². The lowest BCUT2D eigenvalue weighted by Gasteiger charge is -2.10. The minimum atomic E-state index is -4.58. The summed E-state index contributed by atoms with van der Waals surface area (Å²) in [5, 5.41) is 7.90. The third-order valence-electron chi connectivity index (χ3n) is 3.63. The van der Waals surface area contributed by atoms with Gasteiger partial charge in [-0.15, -0.1) is 13.2 Å². The third kappa shape index (κ3) is 4.71. The molecule has 1 saturated carbocycles. The Kier molecular flexibility index (Phi) is 5.27. The molecule has 0 amide bonds. The molecule has 1 aliphatic carbocycles. The molecule has 0 saturated heterocycles. The lowest BCUT2D eigenvalue weighted by molar-refractivity contribution is -0.325. The molecule has 1 N–H and O–H groups in total. The number of halogens is 3. The first-order valence-corrected chi connectivity index (χ1v) is 7.46. The Morgan fingerprint density at radius 2 is 2.00 bits per heavy atom. The Labute approximate surface area is 122 Å². The second kappa shape index (κ2) is 6.79. The zero-order valence-corrected chi connectivity index (χ0v) is 12.5. The van der Waals surface area contributed by atoms with Gasteiger partial charge in [0.05, 0.1) is 18.8 Å². The molecule has 1 fully saturated rings. The van der Waals surface area contributed by atoms with Gasteiger partial charge in [0.25, 0.3) is 0 Å². The van der Waals surface area contributed by atoms with E-state index in [1.807, 2.05) is 13.8 Å². The van der Waals surface area contributed by atoms with Gasteiger partial charge in [-0.3, -0.25) is 9.42 Å². The first-order valence-electron chi connectivity index (χ1n) is 7.46. The van der Waals surface area contributed by atoms with Crippen LogP contribution in [0.5, 0.6) is 0 Å². The topological polar surface area (TPSA) is 39.1 Å². The fourth-order valence-corrected chi connectivity index (χ4v) is 2.44. The van der Waals surface area contributed by atoms with E-state index in [0.717, 1.165) is 36.3 Å². The molecule has 120 valence electrons. The molecule has 21 heavy (non-hydrogen) atoms. The van der Waals surface area contributed by atoms with Gasteiger partial charge in [0.15, 0.2) is 0 Å². The number of alkyl halides is 3. The molecular formula is C14H22F3N3O. The highest BCUT2D eigenvalue weighted by atomic mass is 19.4. The predicted molar refractivity (Wildman–Crippen MR) is 72.9 cm³/mol. The molecule has 4 nitrogen and oxygen atoms in total. The highest BCUT2D eigenvalue weighted by molar-refractivity contribution is 5.27. The van der Waals surface area contributed by atoms with E-state index in [4.69, 9.17) is 0 Å². The molecule has 2 rings (SSSR count). The SMILES string of the molecule is CCc1nn(CCOC(F)(F)F)c(CC)c1CNC1CC1. The third-order valence-corrected chi connectivity index (χ3v) is 3.63. The van der Waals surface area contributed by atoms with Crippen LogP contribution < -0.4 is 5.32 Å². The van der Waals surface area contributed by atoms with Crippen molar-refractivity contribution in [3.8, 4) is 0 Å². The Morgan fingerprint density at radius 1 is 1.29 bits per heavy atom. The number of ether oxygens (including phenoxy) is 1. The second-order valence-electron chi connectivity index (χ2n) is 5.25. The van der Waals surface area contributed by atoms with Crippen molar-refractivity contribution in [3.05, 3.63) is 17.0 Å². The molecule has 0 radical (unpaired) electrons. The largest absolute Gasteiger partial charge is 0.522 e. The van der Waals surface area contributed by atoms with Crippen molar-refractivity contribution in [2.75, 3.05) is 6.61 Å². The lowest BCUT2D eigenvalue weighted by Crippen LogP contribution is -2.19. The van der Waals surface area contributed by atoms with Crippen molar-refractivity contribution < 1.29 is 17.9 Å². The zero-order chi connectivity index (χ0) is 15.5. The summed E-state index contributed by atoms with van der Waals surface area (Å²) in [6, 6.07) is 0.594. The first-order chi connectivity index (χ1) is 9.94. The van der Waals surface area contributed by atoms with Crippen molar-refractivity contribution in [3.63, 3.8) is 0 Å². The number of hydrogen-bond donors (Lipinski definition) is 1. The van der Waals surface area contributed by atoms with E-state index in [1.165, 1.54) is 12.8 Å². The molecule has 0 bridgehead atoms. The maximum Gasteiger partial charge on any atom is 0.522 e. The average Bonchev–Trinajstić information content (AvgIpc) is 3.17. The Morgan fingerprint density at radius 3 is 2.52 bits per heavy atom. The molecule has 1 aromatic rings. The predicted octanol–water partition coefficient (Wildman–Crippen LogP) is 2.80. The van der Waals surface area contributed by atoms with Gasteiger partial charge < -0.3 is 5.32 Å². The summed E-state index contributed by atoms with van der Waals surface area (Å²) in [4.78, 5) is 0. The molecule has 0 aromatic carbocycles. The molecule has 0 aliphatic heterocycles. The van der Waals surface area contributed by atoms with E-state index in [-0.39, 0.29) is 6.54 Å². The normalized spacial score (nSPS) is 15.7. The van der Waals surface area contributed by atoms with Crippen molar-refractivity contribution in [2.24, 2.45) is 0 Å². The van der Waals surface area contributed by atoms with Crippen molar-refractivity contribution >= 4 is 0 Å². The van der Waals surface area contributed by atoms with Gasteiger partial charge in [-0.05, 0) is 25.7 Å². The number of aryl methyl sites for hydroxylation is 1. The lowest BCUT2D eigenvalue weighted by atomic mass is 10.1. The number of rotatable bonds is 8. The molecule has 0 spiro atoms. The van der Waals surface area contributed by atoms with Crippen LogP contribution in [0.4, 0.5) is 13.2 Å². The summed E-state index contributed by atoms with van der Waals surface area (Å²) in [6.07, 6.45) is -0.640. The van der Waals surface area contributed by atoms with Gasteiger partial charge in [0.1, 0.15) is 0 Å². The Hall–Kier alpha value is -1.08. The highest BCUT2D eigenvalue weighted by Gasteiger charge is 2.29. The fraction of sp³-hybridized carbons (Fsp3) is 0.786. The van der Waals surface area contributed by atoms with Crippen LogP contribution >= 0.6 is 0 Å². The van der Waals surface area contributed by atoms with Crippen LogP contribution in [0, 0.1) is 0 Å². The van der Waals surface area contributed by atoms with E-state index in [1.54, 1.807) is 4.68 Å². The van der Waals surface area contributed by atoms with Crippen molar-refractivity contribution in [1.82, 2.24) is 15.1 Å². The monoisotopic (exact) mass is 305 g/mol. The van der Waals surface area contributed by atoms with Crippen LogP contribution in [0.1, 0.15) is 43.6 Å². The second-order valence-corrected chi connectivity index (χ2v) is 5.25. The van der Waals surface area contributed by atoms with Gasteiger partial charge >= 0.3 is 6.36 Å². The van der Waals surface area contributed by atoms with Gasteiger partial charge in [-0.25, -0.2) is 0 Å². The van der Waals surface area contributed by atoms with E-state index < -0.39 is 13.0 Å². The molecule has 7 heteroatoms. The quantitative estimate of drug-likeness (QED) is 0.803. The van der Waals surface area contributed by atoms with Crippen LogP contribution in [-0.2, 0) is 30.7 Å². The van der Waals surface area contributed by atoms with Crippen molar-refractivity contribution in [2.45, 2.75) is 65.0 Å². The fourth-order valence-electron chi connectivity index (χ4n) is 2.44. The molecule has 1 aromatic heterocycles. The maximum absolute atomic E-state index is 12.0. The zero-order valence-electron chi connectivity index (χ0n) is 12.5. The van der Waals surface area contributed by atoms with E-state index in [2.05, 4.69) is 15.2 Å². The summed E-state index contributed by atoms with van der Waals surface area (Å²) in [5.41, 5.74) is 3.11. The van der Waals surface area contributed by atoms with E-state index >= 15 is 0 Å². The number of aromatic nitrogens is 2. The maximum atomic E-state index is 12.0. The summed E-state index contributed by atoms with van der Waals surface area (Å²) in [7, 11) is 0. The molecule has 1 heterocycles. The van der Waals surface area contributed by atoms with Crippen LogP contribution in [0.3, 0.4) is 0 Å². The minimum absolute atomic E-state index is 0.124. The summed E-state index contributed by atoms with van der Waals surface area (Å²) >= 11 is 0. The number of nitrogens with one attached hydrogen (secondary N) is 1. The first kappa shape index (κ1) is 16.3. The minimum Gasteiger partial charge on any atom is -0.310 e. The summed E-state index contributed by atoms with van der Waals surface area (Å²) in [6.45, 7) is 4.48. The van der Waals surface area contributed by atoms with Gasteiger partial charge in [0, 0.05) is 23.8 Å². The smallest absolute Gasteiger partial charge is 0.310 e. The van der Waals surface area contributed by atoms with Crippen LogP contribution in [0.2, 0.25) is 0 Å². The Balaban J connectivity index is 2.04. The van der Waals surface area contributed by atoms with Crippen molar-refractivity contribution in [1.29, 1.82) is 0 Å². The molecule has 1 aliphatic rings. The van der Waals surface area contributed by atoms with Crippen LogP contribution in [0.25, 0.3) is 0 Å². The number of nitrogens with zero attached hydrogens (tertiary/aromatic N) is 2. The van der Waals surface area contributed by atoms with E-state index in [9.17, 15) is 13.2 Å². The van der Waals surface area contributed by atoms with Gasteiger partial charge in [-0.1, -0.05) is 13.8 Å². The summed E-state index contributed by atoms with van der Waals surface area (Å²) < 4.78 is 41.6. The molecule has 0 unspecified atom stereocenters.